The summed E-state index contributed by atoms with van der Waals surface area (Å²) in [7, 11) is 0. The molecule has 3 aromatic heterocycles. The molecule has 1 N–H and O–H groups in total. The highest BCUT2D eigenvalue weighted by Crippen LogP contribution is 2.62. The van der Waals surface area contributed by atoms with Crippen LogP contribution in [0.25, 0.3) is 11.1 Å². The van der Waals surface area contributed by atoms with Crippen LogP contribution < -0.4 is 5.32 Å². The minimum Gasteiger partial charge on any atom is -0.469 e. The first-order chi connectivity index (χ1) is 21.9. The molecule has 0 bridgehead atoms. The van der Waals surface area contributed by atoms with Crippen LogP contribution in [0.15, 0.2) is 92.7 Å². The highest BCUT2D eigenvalue weighted by molar-refractivity contribution is 7.03. The van der Waals surface area contributed by atoms with Gasteiger partial charge in [0.25, 0.3) is 0 Å². The van der Waals surface area contributed by atoms with Crippen LogP contribution in [-0.2, 0) is 5.54 Å². The molecule has 1 aromatic carbocycles. The second-order valence-corrected chi connectivity index (χ2v) is 12.9. The van der Waals surface area contributed by atoms with Gasteiger partial charge in [0.05, 0.1) is 29.8 Å². The molecule has 0 spiro atoms. The van der Waals surface area contributed by atoms with Crippen molar-refractivity contribution >= 4 is 22.7 Å². The van der Waals surface area contributed by atoms with Crippen LogP contribution in [0.3, 0.4) is 0 Å². The first-order valence-electron chi connectivity index (χ1n) is 16.2. The first kappa shape index (κ1) is 27.9. The summed E-state index contributed by atoms with van der Waals surface area (Å²) in [5, 5.41) is 10.8. The maximum Gasteiger partial charge on any atom is 0.131 e. The van der Waals surface area contributed by atoms with Crippen LogP contribution in [0.1, 0.15) is 60.8 Å². The number of nitrogens with zero attached hydrogens (tertiary/aromatic N) is 5. The Balaban J connectivity index is 1.56. The van der Waals surface area contributed by atoms with Crippen molar-refractivity contribution in [3.8, 4) is 0 Å². The first-order valence-corrected chi connectivity index (χ1v) is 17.1. The van der Waals surface area contributed by atoms with E-state index in [1.807, 2.05) is 18.4 Å². The summed E-state index contributed by atoms with van der Waals surface area (Å²) in [4.78, 5) is 8.08. The van der Waals surface area contributed by atoms with Crippen molar-refractivity contribution in [2.75, 3.05) is 52.4 Å². The van der Waals surface area contributed by atoms with Crippen LogP contribution >= 0.6 is 11.5 Å². The van der Waals surface area contributed by atoms with E-state index in [0.717, 1.165) is 75.1 Å². The molecule has 2 unspecified atom stereocenters. The number of furan rings is 2. The molecule has 0 saturated carbocycles. The number of allylic oxidation sites excluding steroid dienone is 1. The summed E-state index contributed by atoms with van der Waals surface area (Å²) >= 11 is 1.44. The lowest BCUT2D eigenvalue weighted by Crippen LogP contribution is -2.62. The molecule has 3 fully saturated rings. The second-order valence-electron chi connectivity index (χ2n) is 12.3. The minimum atomic E-state index is -0.648. The van der Waals surface area contributed by atoms with Gasteiger partial charge in [-0.3, -0.25) is 4.90 Å². The number of piperidine rings is 1. The van der Waals surface area contributed by atoms with Crippen molar-refractivity contribution in [3.05, 3.63) is 107 Å². The van der Waals surface area contributed by atoms with Gasteiger partial charge in [0.2, 0.25) is 0 Å². The van der Waals surface area contributed by atoms with E-state index >= 15 is 0 Å². The van der Waals surface area contributed by atoms with Crippen molar-refractivity contribution in [2.24, 2.45) is 0 Å². The molecule has 8 nitrogen and oxygen atoms in total. The average Bonchev–Trinajstić information content (AvgIpc) is 3.93. The Morgan fingerprint density at radius 2 is 1.50 bits per heavy atom. The van der Waals surface area contributed by atoms with Crippen molar-refractivity contribution in [3.63, 3.8) is 0 Å². The molecule has 2 atom stereocenters. The van der Waals surface area contributed by atoms with E-state index in [1.165, 1.54) is 66.2 Å². The lowest BCUT2D eigenvalue weighted by Gasteiger charge is -2.56. The molecule has 6 heterocycles. The van der Waals surface area contributed by atoms with Gasteiger partial charge < -0.3 is 24.0 Å². The van der Waals surface area contributed by atoms with Crippen molar-refractivity contribution in [1.29, 1.82) is 0 Å². The molecule has 8 rings (SSSR count). The molecule has 9 heteroatoms. The summed E-state index contributed by atoms with van der Waals surface area (Å²) in [6, 6.07) is 19.3. The molecule has 0 radical (unpaired) electrons. The second kappa shape index (κ2) is 12.0. The predicted octanol–water partition coefficient (Wildman–Crippen LogP) is 6.03. The molecule has 44 heavy (non-hydrogen) atoms. The van der Waals surface area contributed by atoms with Crippen LogP contribution in [0.4, 0.5) is 0 Å². The molecule has 0 amide bonds. The van der Waals surface area contributed by atoms with Crippen molar-refractivity contribution in [2.45, 2.75) is 43.6 Å². The Labute approximate surface area is 263 Å². The van der Waals surface area contributed by atoms with E-state index in [2.05, 4.69) is 72.3 Å². The molecule has 3 aliphatic heterocycles. The van der Waals surface area contributed by atoms with Gasteiger partial charge in [-0.25, -0.2) is 0 Å². The molecular formula is C35H40N6O2S. The molecular weight excluding hydrogens is 568 g/mol. The number of aromatic nitrogens is 2. The Morgan fingerprint density at radius 1 is 0.773 bits per heavy atom. The normalized spacial score (nSPS) is 25.3. The van der Waals surface area contributed by atoms with Gasteiger partial charge in [0, 0.05) is 68.9 Å². The summed E-state index contributed by atoms with van der Waals surface area (Å²) in [6.07, 6.45) is 9.64. The lowest BCUT2D eigenvalue weighted by molar-refractivity contribution is 0.0511. The highest BCUT2D eigenvalue weighted by atomic mass is 32.1. The fourth-order valence-corrected chi connectivity index (χ4v) is 8.69. The standard InChI is InChI=1S/C35H40N6O2S/c1-3-11-26(12-4-1)30-31(27-13-9-23-42-27)32(28-14-10-24-43-28)35(29-25-44-38-37-29,41-21-15-36-16-22-41)34(40-19-7-8-20-40)33(30)39-17-5-2-6-18-39/h1,3-4,9-14,23-25,32,36H,2,5-8,15-22H2. The lowest BCUT2D eigenvalue weighted by atomic mass is 9.64. The summed E-state index contributed by atoms with van der Waals surface area (Å²) in [5.74, 6) is 1.58. The maximum absolute atomic E-state index is 6.50. The Hall–Kier alpha value is -3.66. The number of piperazine rings is 1. The van der Waals surface area contributed by atoms with Crippen LogP contribution in [0.5, 0.6) is 0 Å². The zero-order chi connectivity index (χ0) is 29.3. The molecule has 1 aliphatic carbocycles. The monoisotopic (exact) mass is 608 g/mol. The van der Waals surface area contributed by atoms with Gasteiger partial charge in [0.15, 0.2) is 0 Å². The summed E-state index contributed by atoms with van der Waals surface area (Å²) < 4.78 is 17.5. The molecule has 228 valence electrons. The Morgan fingerprint density at radius 3 is 2.18 bits per heavy atom. The quantitative estimate of drug-likeness (QED) is 0.273. The highest BCUT2D eigenvalue weighted by Gasteiger charge is 2.60. The largest absolute Gasteiger partial charge is 0.469 e. The summed E-state index contributed by atoms with van der Waals surface area (Å²) in [6.45, 7) is 7.75. The SMILES string of the molecule is c1ccc(C2=C(c3ccco3)C(c3ccco3)C(c3csnn3)(N3CCNCC3)C(N3CCCC3)=C2N2CCCCC2)cc1. The van der Waals surface area contributed by atoms with Gasteiger partial charge >= 0.3 is 0 Å². The average molecular weight is 609 g/mol. The fraction of sp³-hybridized carbons (Fsp3) is 0.429. The molecule has 4 aliphatic rings. The van der Waals surface area contributed by atoms with Crippen molar-refractivity contribution in [1.82, 2.24) is 29.6 Å². The van der Waals surface area contributed by atoms with Crippen LogP contribution in [-0.4, -0.2) is 76.6 Å². The number of benzene rings is 1. The fourth-order valence-electron chi connectivity index (χ4n) is 8.18. The van der Waals surface area contributed by atoms with Gasteiger partial charge in [-0.2, -0.15) is 0 Å². The van der Waals surface area contributed by atoms with E-state index in [0.29, 0.717) is 0 Å². The minimum absolute atomic E-state index is 0.218. The number of nitrogens with one attached hydrogen (secondary N) is 1. The van der Waals surface area contributed by atoms with Gasteiger partial charge in [-0.15, -0.1) is 5.10 Å². The van der Waals surface area contributed by atoms with Gasteiger partial charge in [0.1, 0.15) is 22.8 Å². The summed E-state index contributed by atoms with van der Waals surface area (Å²) in [5.41, 5.74) is 6.66. The van der Waals surface area contributed by atoms with Crippen LogP contribution in [0.2, 0.25) is 0 Å². The Bertz CT molecular complexity index is 1580. The number of hydrogen-bond acceptors (Lipinski definition) is 9. The predicted molar refractivity (Wildman–Crippen MR) is 173 cm³/mol. The zero-order valence-corrected chi connectivity index (χ0v) is 26.0. The van der Waals surface area contributed by atoms with Crippen molar-refractivity contribution < 1.29 is 8.83 Å². The third-order valence-electron chi connectivity index (χ3n) is 9.94. The number of hydrogen-bond donors (Lipinski definition) is 1. The molecule has 3 saturated heterocycles. The van der Waals surface area contributed by atoms with E-state index in [4.69, 9.17) is 13.9 Å². The Kier molecular flexibility index (Phi) is 7.61. The van der Waals surface area contributed by atoms with E-state index in [1.54, 1.807) is 6.26 Å². The van der Waals surface area contributed by atoms with E-state index < -0.39 is 5.54 Å². The smallest absolute Gasteiger partial charge is 0.131 e. The maximum atomic E-state index is 6.50. The van der Waals surface area contributed by atoms with E-state index in [-0.39, 0.29) is 5.92 Å². The zero-order valence-electron chi connectivity index (χ0n) is 25.2. The number of likely N-dealkylation sites (tertiary alicyclic amines) is 2. The van der Waals surface area contributed by atoms with E-state index in [9.17, 15) is 0 Å². The number of rotatable bonds is 7. The topological polar surface area (TPSA) is 73.8 Å². The van der Waals surface area contributed by atoms with Gasteiger partial charge in [-0.1, -0.05) is 34.8 Å². The van der Waals surface area contributed by atoms with Gasteiger partial charge in [-0.05, 0) is 73.5 Å². The third kappa shape index (κ3) is 4.55. The third-order valence-corrected chi connectivity index (χ3v) is 10.4. The molecule has 4 aromatic rings. The van der Waals surface area contributed by atoms with Crippen LogP contribution in [0, 0.1) is 0 Å².